The van der Waals surface area contributed by atoms with Crippen molar-refractivity contribution in [2.24, 2.45) is 23.5 Å². The minimum atomic E-state index is 0.121. The summed E-state index contributed by atoms with van der Waals surface area (Å²) in [7, 11) is 1.70. The third kappa shape index (κ3) is 2.86. The summed E-state index contributed by atoms with van der Waals surface area (Å²) in [6, 6.07) is 0.316. The average Bonchev–Trinajstić information content (AvgIpc) is 2.91. The van der Waals surface area contributed by atoms with Crippen molar-refractivity contribution in [2.75, 3.05) is 26.8 Å². The molecule has 0 bridgehead atoms. The van der Waals surface area contributed by atoms with E-state index in [1.807, 2.05) is 11.8 Å². The van der Waals surface area contributed by atoms with Gasteiger partial charge in [-0.05, 0) is 37.5 Å². The standard InChI is InChI=1S/C14H26N2O2/c1-10(4-3-7-18-2)14(17)16-8-11-5-6-13(15)12(11)9-16/h10-13H,3-9,15H2,1-2H3. The Kier molecular flexibility index (Phi) is 4.62. The van der Waals surface area contributed by atoms with Gasteiger partial charge in [-0.2, -0.15) is 0 Å². The van der Waals surface area contributed by atoms with Crippen molar-refractivity contribution in [2.45, 2.75) is 38.6 Å². The van der Waals surface area contributed by atoms with E-state index in [9.17, 15) is 4.79 Å². The molecule has 1 amide bonds. The Morgan fingerprint density at radius 1 is 1.44 bits per heavy atom. The Labute approximate surface area is 110 Å². The molecule has 1 saturated carbocycles. The van der Waals surface area contributed by atoms with Crippen LogP contribution in [-0.4, -0.2) is 43.7 Å². The first-order chi connectivity index (χ1) is 8.63. The van der Waals surface area contributed by atoms with Crippen molar-refractivity contribution in [1.29, 1.82) is 0 Å². The molecule has 1 aliphatic carbocycles. The predicted octanol–water partition coefficient (Wildman–Crippen LogP) is 1.24. The Bertz CT molecular complexity index is 296. The van der Waals surface area contributed by atoms with Crippen LogP contribution in [-0.2, 0) is 9.53 Å². The van der Waals surface area contributed by atoms with Crippen molar-refractivity contribution in [3.63, 3.8) is 0 Å². The minimum absolute atomic E-state index is 0.121. The second kappa shape index (κ2) is 6.02. The van der Waals surface area contributed by atoms with Gasteiger partial charge in [0, 0.05) is 38.8 Å². The second-order valence-corrected chi connectivity index (χ2v) is 5.94. The Morgan fingerprint density at radius 2 is 2.22 bits per heavy atom. The maximum atomic E-state index is 12.3. The molecule has 4 atom stereocenters. The van der Waals surface area contributed by atoms with Crippen LogP contribution in [0.4, 0.5) is 0 Å². The van der Waals surface area contributed by atoms with Gasteiger partial charge >= 0.3 is 0 Å². The highest BCUT2D eigenvalue weighted by Crippen LogP contribution is 2.37. The molecule has 4 unspecified atom stereocenters. The normalized spacial score (nSPS) is 32.6. The number of methoxy groups -OCH3 is 1. The monoisotopic (exact) mass is 254 g/mol. The van der Waals surface area contributed by atoms with Crippen LogP contribution in [0.5, 0.6) is 0 Å². The smallest absolute Gasteiger partial charge is 0.225 e. The molecule has 4 heteroatoms. The van der Waals surface area contributed by atoms with E-state index in [2.05, 4.69) is 0 Å². The van der Waals surface area contributed by atoms with Crippen LogP contribution < -0.4 is 5.73 Å². The molecule has 104 valence electrons. The van der Waals surface area contributed by atoms with E-state index in [1.165, 1.54) is 6.42 Å². The zero-order valence-corrected chi connectivity index (χ0v) is 11.6. The van der Waals surface area contributed by atoms with Crippen LogP contribution in [0.15, 0.2) is 0 Å². The molecule has 0 spiro atoms. The summed E-state index contributed by atoms with van der Waals surface area (Å²) in [6.45, 7) is 4.60. The third-order valence-corrected chi connectivity index (χ3v) is 4.63. The number of amides is 1. The molecule has 2 aliphatic rings. The van der Waals surface area contributed by atoms with E-state index in [-0.39, 0.29) is 5.92 Å². The van der Waals surface area contributed by atoms with Gasteiger partial charge in [0.15, 0.2) is 0 Å². The van der Waals surface area contributed by atoms with Crippen molar-refractivity contribution in [1.82, 2.24) is 4.90 Å². The van der Waals surface area contributed by atoms with Crippen molar-refractivity contribution >= 4 is 5.91 Å². The molecule has 2 N–H and O–H groups in total. The van der Waals surface area contributed by atoms with E-state index >= 15 is 0 Å². The summed E-state index contributed by atoms with van der Waals surface area (Å²) < 4.78 is 5.03. The Balaban J connectivity index is 1.80. The van der Waals surface area contributed by atoms with E-state index in [0.717, 1.165) is 39.0 Å². The van der Waals surface area contributed by atoms with Crippen molar-refractivity contribution in [3.05, 3.63) is 0 Å². The number of fused-ring (bicyclic) bond motifs is 1. The lowest BCUT2D eigenvalue weighted by Crippen LogP contribution is -2.36. The maximum absolute atomic E-state index is 12.3. The number of nitrogens with zero attached hydrogens (tertiary/aromatic N) is 1. The molecule has 1 aliphatic heterocycles. The number of likely N-dealkylation sites (tertiary alicyclic amines) is 1. The third-order valence-electron chi connectivity index (χ3n) is 4.63. The summed E-state index contributed by atoms with van der Waals surface area (Å²) in [4.78, 5) is 14.4. The Hall–Kier alpha value is -0.610. The fourth-order valence-corrected chi connectivity index (χ4v) is 3.46. The van der Waals surface area contributed by atoms with Gasteiger partial charge in [-0.15, -0.1) is 0 Å². The number of ether oxygens (including phenoxy) is 1. The fraction of sp³-hybridized carbons (Fsp3) is 0.929. The first-order valence-electron chi connectivity index (χ1n) is 7.16. The van der Waals surface area contributed by atoms with E-state index in [1.54, 1.807) is 7.11 Å². The number of carbonyl (C=O) groups is 1. The van der Waals surface area contributed by atoms with Crippen molar-refractivity contribution < 1.29 is 9.53 Å². The van der Waals surface area contributed by atoms with E-state index in [0.29, 0.717) is 23.8 Å². The van der Waals surface area contributed by atoms with Crippen LogP contribution >= 0.6 is 0 Å². The SMILES string of the molecule is COCCCC(C)C(=O)N1CC2CCC(N)C2C1. The topological polar surface area (TPSA) is 55.6 Å². The number of hydrogen-bond donors (Lipinski definition) is 1. The lowest BCUT2D eigenvalue weighted by Gasteiger charge is -2.22. The minimum Gasteiger partial charge on any atom is -0.385 e. The molecule has 0 radical (unpaired) electrons. The number of rotatable bonds is 5. The number of nitrogens with two attached hydrogens (primary N) is 1. The summed E-state index contributed by atoms with van der Waals surface area (Å²) in [5, 5.41) is 0. The quantitative estimate of drug-likeness (QED) is 0.751. The molecule has 2 fully saturated rings. The van der Waals surface area contributed by atoms with Gasteiger partial charge in [-0.3, -0.25) is 4.79 Å². The van der Waals surface area contributed by atoms with Gasteiger partial charge in [-0.1, -0.05) is 6.92 Å². The van der Waals surface area contributed by atoms with Crippen LogP contribution in [0.2, 0.25) is 0 Å². The first-order valence-corrected chi connectivity index (χ1v) is 7.16. The van der Waals surface area contributed by atoms with Crippen LogP contribution in [0, 0.1) is 17.8 Å². The molecule has 18 heavy (non-hydrogen) atoms. The van der Waals surface area contributed by atoms with Crippen LogP contribution in [0.25, 0.3) is 0 Å². The molecule has 4 nitrogen and oxygen atoms in total. The summed E-state index contributed by atoms with van der Waals surface area (Å²) in [5.41, 5.74) is 6.10. The van der Waals surface area contributed by atoms with Crippen LogP contribution in [0.3, 0.4) is 0 Å². The molecular weight excluding hydrogens is 228 g/mol. The second-order valence-electron chi connectivity index (χ2n) is 5.94. The highest BCUT2D eigenvalue weighted by Gasteiger charge is 2.42. The van der Waals surface area contributed by atoms with Gasteiger partial charge in [0.2, 0.25) is 5.91 Å². The molecule has 2 rings (SSSR count). The van der Waals surface area contributed by atoms with Gasteiger partial charge in [-0.25, -0.2) is 0 Å². The molecule has 1 saturated heterocycles. The molecular formula is C14H26N2O2. The summed E-state index contributed by atoms with van der Waals surface area (Å²) >= 11 is 0. The number of hydrogen-bond acceptors (Lipinski definition) is 3. The van der Waals surface area contributed by atoms with Gasteiger partial charge < -0.3 is 15.4 Å². The largest absolute Gasteiger partial charge is 0.385 e. The lowest BCUT2D eigenvalue weighted by molar-refractivity contribution is -0.134. The summed E-state index contributed by atoms with van der Waals surface area (Å²) in [5.74, 6) is 1.65. The van der Waals surface area contributed by atoms with Crippen LogP contribution in [0.1, 0.15) is 32.6 Å². The van der Waals surface area contributed by atoms with E-state index < -0.39 is 0 Å². The zero-order valence-electron chi connectivity index (χ0n) is 11.6. The predicted molar refractivity (Wildman–Crippen MR) is 71.0 cm³/mol. The van der Waals surface area contributed by atoms with Gasteiger partial charge in [0.1, 0.15) is 0 Å². The maximum Gasteiger partial charge on any atom is 0.225 e. The highest BCUT2D eigenvalue weighted by molar-refractivity contribution is 5.78. The first kappa shape index (κ1) is 13.8. The molecule has 0 aromatic heterocycles. The van der Waals surface area contributed by atoms with E-state index in [4.69, 9.17) is 10.5 Å². The summed E-state index contributed by atoms with van der Waals surface area (Å²) in [6.07, 6.45) is 4.22. The molecule has 0 aromatic carbocycles. The van der Waals surface area contributed by atoms with Gasteiger partial charge in [0.05, 0.1) is 0 Å². The van der Waals surface area contributed by atoms with Crippen molar-refractivity contribution in [3.8, 4) is 0 Å². The van der Waals surface area contributed by atoms with Gasteiger partial charge in [0.25, 0.3) is 0 Å². The number of carbonyl (C=O) groups excluding carboxylic acids is 1. The lowest BCUT2D eigenvalue weighted by atomic mass is 9.98. The molecule has 0 aromatic rings. The Morgan fingerprint density at radius 3 is 2.89 bits per heavy atom. The fourth-order valence-electron chi connectivity index (χ4n) is 3.46. The highest BCUT2D eigenvalue weighted by atomic mass is 16.5. The zero-order chi connectivity index (χ0) is 13.1. The molecule has 1 heterocycles. The average molecular weight is 254 g/mol.